The quantitative estimate of drug-likeness (QED) is 0.509. The molecule has 0 aliphatic carbocycles. The maximum absolute atomic E-state index is 12.0. The molecule has 100 valence electrons. The van der Waals surface area contributed by atoms with Crippen molar-refractivity contribution in [1.82, 2.24) is 0 Å². The molecule has 1 heterocycles. The lowest BCUT2D eigenvalue weighted by atomic mass is 10.3. The number of rotatable bonds is 4. The van der Waals surface area contributed by atoms with E-state index in [4.69, 9.17) is 5.73 Å². The van der Waals surface area contributed by atoms with Gasteiger partial charge in [-0.2, -0.15) is 11.3 Å². The summed E-state index contributed by atoms with van der Waals surface area (Å²) in [7, 11) is -3.79. The monoisotopic (exact) mass is 299 g/mol. The lowest BCUT2D eigenvalue weighted by Crippen LogP contribution is -2.13. The Hall–Kier alpha value is -2.13. The van der Waals surface area contributed by atoms with E-state index in [0.717, 1.165) is 18.2 Å². The SMILES string of the molecule is Nc1cc(S(=O)(=O)Nc2ccsc2)ccc1[N+](=O)[O-]. The molecule has 0 atom stereocenters. The summed E-state index contributed by atoms with van der Waals surface area (Å²) in [6, 6.07) is 4.88. The van der Waals surface area contributed by atoms with E-state index >= 15 is 0 Å². The van der Waals surface area contributed by atoms with Gasteiger partial charge in [0, 0.05) is 11.4 Å². The first kappa shape index (κ1) is 13.3. The Morgan fingerprint density at radius 3 is 2.58 bits per heavy atom. The lowest BCUT2D eigenvalue weighted by molar-refractivity contribution is -0.383. The first-order chi connectivity index (χ1) is 8.90. The van der Waals surface area contributed by atoms with Crippen molar-refractivity contribution < 1.29 is 13.3 Å². The number of anilines is 2. The Kier molecular flexibility index (Phi) is 3.40. The molecule has 0 radical (unpaired) electrons. The molecule has 0 aliphatic heterocycles. The number of nitrogens with one attached hydrogen (secondary N) is 1. The summed E-state index contributed by atoms with van der Waals surface area (Å²) < 4.78 is 26.3. The van der Waals surface area contributed by atoms with E-state index in [2.05, 4.69) is 4.72 Å². The van der Waals surface area contributed by atoms with E-state index in [1.54, 1.807) is 16.8 Å². The summed E-state index contributed by atoms with van der Waals surface area (Å²) in [6.07, 6.45) is 0. The summed E-state index contributed by atoms with van der Waals surface area (Å²) in [5.74, 6) is 0. The van der Waals surface area contributed by atoms with Crippen LogP contribution in [0, 0.1) is 10.1 Å². The van der Waals surface area contributed by atoms with E-state index in [1.165, 1.54) is 11.3 Å². The predicted octanol–water partition coefficient (Wildman–Crippen LogP) is 2.04. The average molecular weight is 299 g/mol. The van der Waals surface area contributed by atoms with Gasteiger partial charge in [0.25, 0.3) is 15.7 Å². The van der Waals surface area contributed by atoms with Gasteiger partial charge in [0.1, 0.15) is 5.69 Å². The molecule has 3 N–H and O–H groups in total. The molecule has 0 saturated heterocycles. The number of sulfonamides is 1. The van der Waals surface area contributed by atoms with Crippen molar-refractivity contribution in [3.05, 3.63) is 45.1 Å². The maximum Gasteiger partial charge on any atom is 0.292 e. The maximum atomic E-state index is 12.0. The Bertz CT molecular complexity index is 710. The summed E-state index contributed by atoms with van der Waals surface area (Å²) in [5.41, 5.74) is 5.37. The zero-order valence-corrected chi connectivity index (χ0v) is 11.1. The molecule has 0 bridgehead atoms. The summed E-state index contributed by atoms with van der Waals surface area (Å²) in [6.45, 7) is 0. The van der Waals surface area contributed by atoms with E-state index in [1.807, 2.05) is 0 Å². The van der Waals surface area contributed by atoms with Crippen molar-refractivity contribution in [3.63, 3.8) is 0 Å². The number of nitrogen functional groups attached to an aromatic ring is 1. The van der Waals surface area contributed by atoms with Crippen LogP contribution in [0.4, 0.5) is 17.1 Å². The summed E-state index contributed by atoms with van der Waals surface area (Å²) in [4.78, 5) is 9.81. The van der Waals surface area contributed by atoms with Crippen molar-refractivity contribution in [2.45, 2.75) is 4.90 Å². The van der Waals surface area contributed by atoms with Crippen molar-refractivity contribution in [2.75, 3.05) is 10.5 Å². The van der Waals surface area contributed by atoms with Crippen LogP contribution >= 0.6 is 11.3 Å². The summed E-state index contributed by atoms with van der Waals surface area (Å²) in [5, 5.41) is 14.0. The Balaban J connectivity index is 2.36. The number of nitro benzene ring substituents is 1. The van der Waals surface area contributed by atoms with Gasteiger partial charge in [-0.25, -0.2) is 8.42 Å². The molecule has 9 heteroatoms. The molecule has 1 aromatic heterocycles. The van der Waals surface area contributed by atoms with E-state index < -0.39 is 14.9 Å². The minimum atomic E-state index is -3.79. The van der Waals surface area contributed by atoms with Crippen LogP contribution < -0.4 is 10.5 Å². The normalized spacial score (nSPS) is 11.2. The molecule has 0 aliphatic rings. The van der Waals surface area contributed by atoms with Crippen molar-refractivity contribution in [2.24, 2.45) is 0 Å². The highest BCUT2D eigenvalue weighted by Gasteiger charge is 2.19. The number of nitrogens with two attached hydrogens (primary N) is 1. The van der Waals surface area contributed by atoms with Crippen molar-refractivity contribution in [1.29, 1.82) is 0 Å². The first-order valence-corrected chi connectivity index (χ1v) is 7.42. The Labute approximate surface area is 112 Å². The molecule has 0 spiro atoms. The van der Waals surface area contributed by atoms with E-state index in [0.29, 0.717) is 5.69 Å². The Morgan fingerprint density at radius 2 is 2.05 bits per heavy atom. The van der Waals surface area contributed by atoms with Gasteiger partial charge in [-0.3, -0.25) is 14.8 Å². The highest BCUT2D eigenvalue weighted by molar-refractivity contribution is 7.92. The first-order valence-electron chi connectivity index (χ1n) is 4.99. The summed E-state index contributed by atoms with van der Waals surface area (Å²) >= 11 is 1.34. The number of hydrogen-bond donors (Lipinski definition) is 2. The van der Waals surface area contributed by atoms with Crippen LogP contribution in [0.15, 0.2) is 39.9 Å². The minimum Gasteiger partial charge on any atom is -0.393 e. The fraction of sp³-hybridized carbons (Fsp3) is 0. The largest absolute Gasteiger partial charge is 0.393 e. The number of benzene rings is 1. The van der Waals surface area contributed by atoms with Gasteiger partial charge in [0.2, 0.25) is 0 Å². The molecule has 1 aromatic carbocycles. The van der Waals surface area contributed by atoms with Gasteiger partial charge in [-0.1, -0.05) is 0 Å². The molecule has 2 rings (SSSR count). The third-order valence-corrected chi connectivity index (χ3v) is 4.34. The molecule has 0 saturated carbocycles. The lowest BCUT2D eigenvalue weighted by Gasteiger charge is -2.07. The number of nitro groups is 1. The van der Waals surface area contributed by atoms with Gasteiger partial charge in [0.05, 0.1) is 15.5 Å². The van der Waals surface area contributed by atoms with E-state index in [9.17, 15) is 18.5 Å². The van der Waals surface area contributed by atoms with Crippen LogP contribution in [0.1, 0.15) is 0 Å². The second kappa shape index (κ2) is 4.86. The third kappa shape index (κ3) is 2.83. The van der Waals surface area contributed by atoms with Crippen LogP contribution in [-0.2, 0) is 10.0 Å². The van der Waals surface area contributed by atoms with Crippen LogP contribution in [0.2, 0.25) is 0 Å². The molecule has 0 amide bonds. The highest BCUT2D eigenvalue weighted by atomic mass is 32.2. The number of hydrogen-bond acceptors (Lipinski definition) is 6. The fourth-order valence-corrected chi connectivity index (χ4v) is 3.15. The molecule has 0 fully saturated rings. The van der Waals surface area contributed by atoms with Crippen LogP contribution in [0.25, 0.3) is 0 Å². The number of thiophene rings is 1. The molecular weight excluding hydrogens is 290 g/mol. The molecular formula is C10H9N3O4S2. The predicted molar refractivity (Wildman–Crippen MR) is 72.6 cm³/mol. The van der Waals surface area contributed by atoms with Crippen molar-refractivity contribution in [3.8, 4) is 0 Å². The zero-order valence-electron chi connectivity index (χ0n) is 9.44. The molecule has 0 unspecified atom stereocenters. The van der Waals surface area contributed by atoms with Crippen LogP contribution in [0.3, 0.4) is 0 Å². The minimum absolute atomic E-state index is 0.123. The molecule has 7 nitrogen and oxygen atoms in total. The Morgan fingerprint density at radius 1 is 1.32 bits per heavy atom. The van der Waals surface area contributed by atoms with Crippen LogP contribution in [0.5, 0.6) is 0 Å². The highest BCUT2D eigenvalue weighted by Crippen LogP contribution is 2.26. The number of nitrogens with zero attached hydrogens (tertiary/aromatic N) is 1. The van der Waals surface area contributed by atoms with Gasteiger partial charge in [-0.05, 0) is 23.6 Å². The van der Waals surface area contributed by atoms with Crippen molar-refractivity contribution >= 4 is 38.4 Å². The van der Waals surface area contributed by atoms with Gasteiger partial charge < -0.3 is 5.73 Å². The van der Waals surface area contributed by atoms with Gasteiger partial charge in [-0.15, -0.1) is 0 Å². The molecule has 19 heavy (non-hydrogen) atoms. The standard InChI is InChI=1S/C10H9N3O4S2/c11-9-5-8(1-2-10(9)13(14)15)19(16,17)12-7-3-4-18-6-7/h1-6,12H,11H2. The van der Waals surface area contributed by atoms with Gasteiger partial charge in [0.15, 0.2) is 0 Å². The van der Waals surface area contributed by atoms with Gasteiger partial charge >= 0.3 is 0 Å². The van der Waals surface area contributed by atoms with Crippen LogP contribution in [-0.4, -0.2) is 13.3 Å². The second-order valence-corrected chi connectivity index (χ2v) is 6.06. The topological polar surface area (TPSA) is 115 Å². The smallest absolute Gasteiger partial charge is 0.292 e. The third-order valence-electron chi connectivity index (χ3n) is 2.28. The fourth-order valence-electron chi connectivity index (χ4n) is 1.40. The molecule has 2 aromatic rings. The average Bonchev–Trinajstić information content (AvgIpc) is 2.80. The van der Waals surface area contributed by atoms with E-state index in [-0.39, 0.29) is 16.3 Å². The second-order valence-electron chi connectivity index (χ2n) is 3.60. The zero-order chi connectivity index (χ0) is 14.0.